The van der Waals surface area contributed by atoms with E-state index in [1.165, 1.54) is 17.1 Å². The summed E-state index contributed by atoms with van der Waals surface area (Å²) in [6.07, 6.45) is 0.909. The third-order valence-corrected chi connectivity index (χ3v) is 4.47. The number of fused-ring (bicyclic) bond motifs is 1. The molecule has 5 nitrogen and oxygen atoms in total. The van der Waals surface area contributed by atoms with Crippen molar-refractivity contribution in [3.05, 3.63) is 40.7 Å². The van der Waals surface area contributed by atoms with E-state index in [1.807, 2.05) is 6.07 Å². The molecule has 1 aliphatic heterocycles. The molecular formula is C15H17N3O2S. The Morgan fingerprint density at radius 2 is 2.19 bits per heavy atom. The van der Waals surface area contributed by atoms with Gasteiger partial charge in [-0.25, -0.2) is 9.78 Å². The van der Waals surface area contributed by atoms with E-state index >= 15 is 0 Å². The number of carboxylic acids is 1. The maximum Gasteiger partial charge on any atom is 0.335 e. The summed E-state index contributed by atoms with van der Waals surface area (Å²) in [4.78, 5) is 17.8. The van der Waals surface area contributed by atoms with Crippen molar-refractivity contribution in [3.8, 4) is 0 Å². The van der Waals surface area contributed by atoms with Crippen LogP contribution in [0.15, 0.2) is 18.2 Å². The molecule has 3 rings (SSSR count). The van der Waals surface area contributed by atoms with Gasteiger partial charge in [-0.2, -0.15) is 4.37 Å². The van der Waals surface area contributed by atoms with Crippen LogP contribution in [-0.4, -0.2) is 27.0 Å². The van der Waals surface area contributed by atoms with E-state index in [4.69, 9.17) is 5.11 Å². The monoisotopic (exact) mass is 303 g/mol. The van der Waals surface area contributed by atoms with Gasteiger partial charge < -0.3 is 10.0 Å². The van der Waals surface area contributed by atoms with Crippen molar-refractivity contribution in [2.75, 3.05) is 11.4 Å². The molecule has 0 saturated heterocycles. The molecule has 0 radical (unpaired) electrons. The molecule has 1 aliphatic rings. The highest BCUT2D eigenvalue weighted by atomic mass is 32.1. The van der Waals surface area contributed by atoms with Gasteiger partial charge in [0.25, 0.3) is 0 Å². The van der Waals surface area contributed by atoms with Crippen LogP contribution in [0, 0.1) is 0 Å². The molecule has 110 valence electrons. The van der Waals surface area contributed by atoms with Gasteiger partial charge in [-0.15, -0.1) is 0 Å². The van der Waals surface area contributed by atoms with Crippen LogP contribution in [0.3, 0.4) is 0 Å². The van der Waals surface area contributed by atoms with Crippen molar-refractivity contribution in [1.29, 1.82) is 0 Å². The topological polar surface area (TPSA) is 66.3 Å². The van der Waals surface area contributed by atoms with Crippen LogP contribution >= 0.6 is 11.5 Å². The van der Waals surface area contributed by atoms with Gasteiger partial charge in [0.05, 0.1) is 5.56 Å². The molecule has 1 aromatic heterocycles. The summed E-state index contributed by atoms with van der Waals surface area (Å²) >= 11 is 1.42. The largest absolute Gasteiger partial charge is 0.478 e. The molecule has 0 fully saturated rings. The van der Waals surface area contributed by atoms with Crippen LogP contribution in [0.2, 0.25) is 0 Å². The highest BCUT2D eigenvalue weighted by molar-refractivity contribution is 7.09. The Morgan fingerprint density at radius 1 is 1.38 bits per heavy atom. The zero-order chi connectivity index (χ0) is 15.0. The van der Waals surface area contributed by atoms with Gasteiger partial charge in [0, 0.05) is 30.5 Å². The lowest BCUT2D eigenvalue weighted by atomic mass is 9.98. The molecule has 2 aromatic rings. The predicted molar refractivity (Wildman–Crippen MR) is 82.2 cm³/mol. The van der Waals surface area contributed by atoms with Crippen molar-refractivity contribution in [2.45, 2.75) is 32.7 Å². The summed E-state index contributed by atoms with van der Waals surface area (Å²) < 4.78 is 4.39. The van der Waals surface area contributed by atoms with Crippen molar-refractivity contribution < 1.29 is 9.90 Å². The van der Waals surface area contributed by atoms with Gasteiger partial charge in [-0.1, -0.05) is 19.9 Å². The molecule has 6 heteroatoms. The van der Waals surface area contributed by atoms with Gasteiger partial charge in [0.15, 0.2) is 0 Å². The first-order valence-corrected chi connectivity index (χ1v) is 7.75. The maximum absolute atomic E-state index is 11.1. The summed E-state index contributed by atoms with van der Waals surface area (Å²) in [5.74, 6) is 0.318. The molecule has 1 N–H and O–H groups in total. The molecular weight excluding hydrogens is 286 g/mol. The molecule has 21 heavy (non-hydrogen) atoms. The molecule has 1 aromatic carbocycles. The summed E-state index contributed by atoms with van der Waals surface area (Å²) in [6.45, 7) is 5.75. The van der Waals surface area contributed by atoms with Gasteiger partial charge >= 0.3 is 5.97 Å². The number of hydrogen-bond donors (Lipinski definition) is 1. The first-order chi connectivity index (χ1) is 10.0. The van der Waals surface area contributed by atoms with Gasteiger partial charge in [-0.3, -0.25) is 0 Å². The lowest BCUT2D eigenvalue weighted by molar-refractivity contribution is 0.0696. The Labute approximate surface area is 127 Å². The second kappa shape index (κ2) is 5.44. The van der Waals surface area contributed by atoms with Gasteiger partial charge in [0.2, 0.25) is 5.13 Å². The SMILES string of the molecule is CC(C)c1nsc(N2CCc3ccc(C(=O)O)cc3C2)n1. The van der Waals surface area contributed by atoms with Crippen LogP contribution in [-0.2, 0) is 13.0 Å². The minimum atomic E-state index is -0.882. The average Bonchev–Trinajstić information content (AvgIpc) is 2.96. The third kappa shape index (κ3) is 2.76. The Kier molecular flexibility index (Phi) is 3.63. The third-order valence-electron chi connectivity index (χ3n) is 3.68. The van der Waals surface area contributed by atoms with E-state index in [1.54, 1.807) is 12.1 Å². The fraction of sp³-hybridized carbons (Fsp3) is 0.400. The van der Waals surface area contributed by atoms with Crippen LogP contribution in [0.4, 0.5) is 5.13 Å². The van der Waals surface area contributed by atoms with E-state index in [2.05, 4.69) is 28.1 Å². The lowest BCUT2D eigenvalue weighted by Crippen LogP contribution is -2.30. The quantitative estimate of drug-likeness (QED) is 0.944. The fourth-order valence-electron chi connectivity index (χ4n) is 2.44. The second-order valence-electron chi connectivity index (χ2n) is 5.55. The lowest BCUT2D eigenvalue weighted by Gasteiger charge is -2.28. The standard InChI is InChI=1S/C15H17N3O2S/c1-9(2)13-16-15(21-17-13)18-6-5-10-3-4-11(14(19)20)7-12(10)8-18/h3-4,7,9H,5-6,8H2,1-2H3,(H,19,20). The number of rotatable bonds is 3. The summed E-state index contributed by atoms with van der Waals surface area (Å²) in [7, 11) is 0. The Hall–Kier alpha value is -1.95. The fourth-order valence-corrected chi connectivity index (χ4v) is 3.28. The normalized spacial score (nSPS) is 14.3. The van der Waals surface area contributed by atoms with Crippen molar-refractivity contribution >= 4 is 22.6 Å². The van der Waals surface area contributed by atoms with Crippen LogP contribution in [0.1, 0.15) is 47.1 Å². The van der Waals surface area contributed by atoms with Gasteiger partial charge in [0.1, 0.15) is 5.82 Å². The number of benzene rings is 1. The zero-order valence-corrected chi connectivity index (χ0v) is 12.9. The van der Waals surface area contributed by atoms with Crippen LogP contribution in [0.25, 0.3) is 0 Å². The van der Waals surface area contributed by atoms with E-state index < -0.39 is 5.97 Å². The van der Waals surface area contributed by atoms with E-state index in [-0.39, 0.29) is 0 Å². The van der Waals surface area contributed by atoms with Crippen molar-refractivity contribution in [2.24, 2.45) is 0 Å². The van der Waals surface area contributed by atoms with E-state index in [9.17, 15) is 4.79 Å². The Morgan fingerprint density at radius 3 is 2.86 bits per heavy atom. The molecule has 0 amide bonds. The Balaban J connectivity index is 1.85. The Bertz CT molecular complexity index is 681. The van der Waals surface area contributed by atoms with Crippen molar-refractivity contribution in [3.63, 3.8) is 0 Å². The summed E-state index contributed by atoms with van der Waals surface area (Å²) in [5.41, 5.74) is 2.64. The number of nitrogens with zero attached hydrogens (tertiary/aromatic N) is 3. The van der Waals surface area contributed by atoms with Crippen molar-refractivity contribution in [1.82, 2.24) is 9.36 Å². The molecule has 0 unspecified atom stereocenters. The van der Waals surface area contributed by atoms with Crippen LogP contribution < -0.4 is 4.90 Å². The number of carbonyl (C=O) groups is 1. The first-order valence-electron chi connectivity index (χ1n) is 6.98. The average molecular weight is 303 g/mol. The molecule has 0 aliphatic carbocycles. The minimum Gasteiger partial charge on any atom is -0.478 e. The van der Waals surface area contributed by atoms with E-state index in [0.29, 0.717) is 18.0 Å². The highest BCUT2D eigenvalue weighted by Gasteiger charge is 2.21. The summed E-state index contributed by atoms with van der Waals surface area (Å²) in [6, 6.07) is 5.38. The number of carboxylic acid groups (broad SMARTS) is 1. The molecule has 0 saturated carbocycles. The zero-order valence-electron chi connectivity index (χ0n) is 12.0. The number of aromatic carboxylic acids is 1. The predicted octanol–water partition coefficient (Wildman–Crippen LogP) is 2.92. The van der Waals surface area contributed by atoms with E-state index in [0.717, 1.165) is 29.5 Å². The number of aromatic nitrogens is 2. The molecule has 2 heterocycles. The second-order valence-corrected chi connectivity index (χ2v) is 6.28. The molecule has 0 spiro atoms. The highest BCUT2D eigenvalue weighted by Crippen LogP contribution is 2.27. The molecule has 0 bridgehead atoms. The number of hydrogen-bond acceptors (Lipinski definition) is 5. The van der Waals surface area contributed by atoms with Gasteiger partial charge in [-0.05, 0) is 29.7 Å². The maximum atomic E-state index is 11.1. The first kappa shape index (κ1) is 14.0. The smallest absolute Gasteiger partial charge is 0.335 e. The van der Waals surface area contributed by atoms with Crippen LogP contribution in [0.5, 0.6) is 0 Å². The molecule has 0 atom stereocenters. The minimum absolute atomic E-state index is 0.325. The summed E-state index contributed by atoms with van der Waals surface area (Å²) in [5, 5.41) is 10.0. The number of anilines is 1.